The number of rotatable bonds is 7. The summed E-state index contributed by atoms with van der Waals surface area (Å²) < 4.78 is 0. The largest absolute Gasteiger partial charge is 0.380 e. The quantitative estimate of drug-likeness (QED) is 0.525. The molecule has 1 aromatic heterocycles. The van der Waals surface area contributed by atoms with Crippen LogP contribution in [-0.2, 0) is 6.54 Å². The lowest BCUT2D eigenvalue weighted by molar-refractivity contribution is 0.0792. The Morgan fingerprint density at radius 1 is 1.03 bits per heavy atom. The van der Waals surface area contributed by atoms with Gasteiger partial charge in [-0.25, -0.2) is 4.98 Å². The fourth-order valence-electron chi connectivity index (χ4n) is 3.88. The van der Waals surface area contributed by atoms with Crippen LogP contribution in [0, 0.1) is 6.92 Å². The van der Waals surface area contributed by atoms with E-state index >= 15 is 0 Å². The van der Waals surface area contributed by atoms with E-state index in [4.69, 9.17) is 5.73 Å². The number of aryl methyl sites for hydroxylation is 1. The summed E-state index contributed by atoms with van der Waals surface area (Å²) in [6.07, 6.45) is 3.60. The van der Waals surface area contributed by atoms with Gasteiger partial charge in [-0.3, -0.25) is 9.59 Å². The zero-order valence-corrected chi connectivity index (χ0v) is 18.1. The third kappa shape index (κ3) is 4.88. The summed E-state index contributed by atoms with van der Waals surface area (Å²) in [6.45, 7) is 4.14. The number of carbonyl (C=O) groups is 2. The molecule has 164 valence electrons. The van der Waals surface area contributed by atoms with Gasteiger partial charge in [-0.05, 0) is 49.1 Å². The zero-order chi connectivity index (χ0) is 22.5. The van der Waals surface area contributed by atoms with Crippen LogP contribution in [-0.4, -0.2) is 34.8 Å². The first-order valence-corrected chi connectivity index (χ1v) is 10.8. The topological polar surface area (TPSA) is 100 Å². The van der Waals surface area contributed by atoms with Crippen molar-refractivity contribution in [3.05, 3.63) is 83.0 Å². The van der Waals surface area contributed by atoms with E-state index in [0.717, 1.165) is 48.3 Å². The highest BCUT2D eigenvalue weighted by Crippen LogP contribution is 2.24. The van der Waals surface area contributed by atoms with Crippen LogP contribution in [0.25, 0.3) is 0 Å². The number of anilines is 3. The molecule has 1 fully saturated rings. The third-order valence-corrected chi connectivity index (χ3v) is 5.62. The average Bonchev–Trinajstić information content (AvgIpc) is 3.33. The first-order chi connectivity index (χ1) is 15.5. The minimum absolute atomic E-state index is 0.0860. The molecular formula is C25H27N5O2. The Kier molecular flexibility index (Phi) is 6.35. The summed E-state index contributed by atoms with van der Waals surface area (Å²) in [4.78, 5) is 30.8. The van der Waals surface area contributed by atoms with Crippen molar-refractivity contribution in [1.29, 1.82) is 0 Å². The minimum atomic E-state index is -0.541. The molecule has 0 spiro atoms. The molecule has 3 aromatic rings. The van der Waals surface area contributed by atoms with E-state index in [0.29, 0.717) is 23.6 Å². The molecule has 2 heterocycles. The fraction of sp³-hybridized carbons (Fsp3) is 0.240. The molecule has 32 heavy (non-hydrogen) atoms. The lowest BCUT2D eigenvalue weighted by Gasteiger charge is -2.17. The molecule has 7 nitrogen and oxygen atoms in total. The Bertz CT molecular complexity index is 1120. The predicted octanol–water partition coefficient (Wildman–Crippen LogP) is 4.08. The van der Waals surface area contributed by atoms with Crippen LogP contribution in [0.1, 0.15) is 44.7 Å². The van der Waals surface area contributed by atoms with E-state index < -0.39 is 5.91 Å². The lowest BCUT2D eigenvalue weighted by atomic mass is 10.1. The number of likely N-dealkylation sites (tertiary alicyclic amines) is 1. The molecule has 0 aliphatic carbocycles. The van der Waals surface area contributed by atoms with Crippen LogP contribution in [0.4, 0.5) is 17.2 Å². The van der Waals surface area contributed by atoms with E-state index in [1.807, 2.05) is 60.4 Å². The van der Waals surface area contributed by atoms with Gasteiger partial charge in [0.25, 0.3) is 11.8 Å². The molecule has 1 aliphatic heterocycles. The van der Waals surface area contributed by atoms with Crippen LogP contribution in [0.5, 0.6) is 0 Å². The summed E-state index contributed by atoms with van der Waals surface area (Å²) in [7, 11) is 0. The van der Waals surface area contributed by atoms with E-state index in [-0.39, 0.29) is 5.91 Å². The normalized spacial score (nSPS) is 13.1. The van der Waals surface area contributed by atoms with E-state index in [1.54, 1.807) is 6.07 Å². The summed E-state index contributed by atoms with van der Waals surface area (Å²) >= 11 is 0. The number of aromatic nitrogens is 1. The van der Waals surface area contributed by atoms with Crippen LogP contribution >= 0.6 is 0 Å². The van der Waals surface area contributed by atoms with Crippen LogP contribution in [0.2, 0.25) is 0 Å². The predicted molar refractivity (Wildman–Crippen MR) is 126 cm³/mol. The summed E-state index contributed by atoms with van der Waals surface area (Å²) in [5.41, 5.74) is 9.99. The highest BCUT2D eigenvalue weighted by atomic mass is 16.2. The molecule has 2 aromatic carbocycles. The van der Waals surface area contributed by atoms with Crippen LogP contribution < -0.4 is 16.4 Å². The molecule has 0 unspecified atom stereocenters. The van der Waals surface area contributed by atoms with Crippen LogP contribution in [0.3, 0.4) is 0 Å². The third-order valence-electron chi connectivity index (χ3n) is 5.62. The number of pyridine rings is 1. The molecule has 0 radical (unpaired) electrons. The molecule has 1 aliphatic rings. The Morgan fingerprint density at radius 2 is 1.78 bits per heavy atom. The molecular weight excluding hydrogens is 402 g/mol. The summed E-state index contributed by atoms with van der Waals surface area (Å²) in [5.74, 6) is 0.117. The molecule has 0 bridgehead atoms. The Balaban J connectivity index is 1.51. The number of amides is 2. The van der Waals surface area contributed by atoms with Gasteiger partial charge >= 0.3 is 0 Å². The second-order valence-corrected chi connectivity index (χ2v) is 7.97. The number of carbonyl (C=O) groups excluding carboxylic acids is 2. The van der Waals surface area contributed by atoms with E-state index in [2.05, 4.69) is 15.6 Å². The molecule has 7 heteroatoms. The van der Waals surface area contributed by atoms with Crippen molar-refractivity contribution in [2.75, 3.05) is 23.7 Å². The number of primary amides is 1. The first-order valence-electron chi connectivity index (χ1n) is 10.8. The maximum absolute atomic E-state index is 12.7. The van der Waals surface area contributed by atoms with Gasteiger partial charge in [0.15, 0.2) is 0 Å². The Morgan fingerprint density at radius 3 is 2.47 bits per heavy atom. The van der Waals surface area contributed by atoms with Gasteiger partial charge in [-0.2, -0.15) is 0 Å². The molecule has 4 N–H and O–H groups in total. The van der Waals surface area contributed by atoms with Gasteiger partial charge in [0.05, 0.1) is 11.3 Å². The van der Waals surface area contributed by atoms with E-state index in [9.17, 15) is 9.59 Å². The van der Waals surface area contributed by atoms with Crippen molar-refractivity contribution in [3.8, 4) is 0 Å². The van der Waals surface area contributed by atoms with Crippen molar-refractivity contribution in [3.63, 3.8) is 0 Å². The maximum Gasteiger partial charge on any atom is 0.254 e. The highest BCUT2D eigenvalue weighted by Gasteiger charge is 2.21. The van der Waals surface area contributed by atoms with Crippen molar-refractivity contribution in [2.24, 2.45) is 5.73 Å². The van der Waals surface area contributed by atoms with Crippen LogP contribution in [0.15, 0.2) is 60.8 Å². The lowest BCUT2D eigenvalue weighted by Crippen LogP contribution is -2.28. The van der Waals surface area contributed by atoms with Crippen molar-refractivity contribution in [2.45, 2.75) is 26.3 Å². The van der Waals surface area contributed by atoms with Crippen molar-refractivity contribution in [1.82, 2.24) is 9.88 Å². The van der Waals surface area contributed by atoms with Gasteiger partial charge in [0.1, 0.15) is 5.82 Å². The Labute approximate surface area is 187 Å². The average molecular weight is 430 g/mol. The fourth-order valence-corrected chi connectivity index (χ4v) is 3.88. The van der Waals surface area contributed by atoms with Gasteiger partial charge in [0, 0.05) is 43.1 Å². The van der Waals surface area contributed by atoms with E-state index in [1.165, 1.54) is 6.20 Å². The molecule has 1 saturated heterocycles. The number of nitrogens with one attached hydrogen (secondary N) is 2. The van der Waals surface area contributed by atoms with Gasteiger partial charge in [-0.15, -0.1) is 0 Å². The molecule has 0 saturated carbocycles. The second-order valence-electron chi connectivity index (χ2n) is 7.97. The maximum atomic E-state index is 12.7. The van der Waals surface area contributed by atoms with Crippen molar-refractivity contribution < 1.29 is 9.59 Å². The monoisotopic (exact) mass is 429 g/mol. The zero-order valence-electron chi connectivity index (χ0n) is 18.1. The highest BCUT2D eigenvalue weighted by molar-refractivity contribution is 5.99. The summed E-state index contributed by atoms with van der Waals surface area (Å²) in [5, 5.41) is 6.53. The Hall–Kier alpha value is -3.87. The number of nitrogens with two attached hydrogens (primary N) is 1. The smallest absolute Gasteiger partial charge is 0.254 e. The molecule has 2 amide bonds. The standard InChI is InChI=1S/C25H27N5O2/c1-17-13-19(9-10-20(17)25(32)30-11-5-6-12-30)29-23-14-22(21(16-28-23)24(26)31)27-15-18-7-3-2-4-8-18/h2-4,7-10,13-14,16H,5-6,11-12,15H2,1H3,(H2,26,31)(H2,27,28,29). The molecule has 0 atom stereocenters. The number of hydrogen-bond acceptors (Lipinski definition) is 5. The number of benzene rings is 2. The second kappa shape index (κ2) is 9.51. The minimum Gasteiger partial charge on any atom is -0.380 e. The van der Waals surface area contributed by atoms with Gasteiger partial charge < -0.3 is 21.3 Å². The number of nitrogens with zero attached hydrogens (tertiary/aromatic N) is 2. The number of hydrogen-bond donors (Lipinski definition) is 3. The van der Waals surface area contributed by atoms with Crippen molar-refractivity contribution >= 4 is 29.0 Å². The van der Waals surface area contributed by atoms with Gasteiger partial charge in [0.2, 0.25) is 0 Å². The first kappa shape index (κ1) is 21.4. The van der Waals surface area contributed by atoms with Gasteiger partial charge in [-0.1, -0.05) is 30.3 Å². The molecule has 4 rings (SSSR count). The summed E-state index contributed by atoms with van der Waals surface area (Å²) in [6, 6.07) is 17.3. The SMILES string of the molecule is Cc1cc(Nc2cc(NCc3ccccc3)c(C(N)=O)cn2)ccc1C(=O)N1CCCC1.